The molecule has 0 spiro atoms. The van der Waals surface area contributed by atoms with E-state index >= 15 is 0 Å². The van der Waals surface area contributed by atoms with E-state index in [1.807, 2.05) is 24.3 Å². The number of nitrogens with zero attached hydrogens (tertiary/aromatic N) is 1. The predicted molar refractivity (Wildman–Crippen MR) is 73.1 cm³/mol. The summed E-state index contributed by atoms with van der Waals surface area (Å²) in [5, 5.41) is 1.53. The van der Waals surface area contributed by atoms with E-state index in [0.717, 1.165) is 5.39 Å². The van der Waals surface area contributed by atoms with Crippen molar-refractivity contribution in [2.75, 3.05) is 0 Å². The molecule has 2 rings (SSSR count). The van der Waals surface area contributed by atoms with Crippen LogP contribution in [0.5, 0.6) is 0 Å². The van der Waals surface area contributed by atoms with Crippen molar-refractivity contribution >= 4 is 22.3 Å². The normalized spacial score (nSPS) is 10.6. The molecule has 1 aromatic carbocycles. The number of ketones is 2. The lowest BCUT2D eigenvalue weighted by atomic mass is 10.1. The molecule has 4 nitrogen and oxygen atoms in total. The van der Waals surface area contributed by atoms with Crippen LogP contribution in [0, 0.1) is 0 Å². The van der Waals surface area contributed by atoms with E-state index < -0.39 is 0 Å². The van der Waals surface area contributed by atoms with Gasteiger partial charge >= 0.3 is 0 Å². The van der Waals surface area contributed by atoms with Crippen molar-refractivity contribution in [1.29, 1.82) is 0 Å². The van der Waals surface area contributed by atoms with Gasteiger partial charge in [-0.1, -0.05) is 18.2 Å². The molecule has 1 aromatic heterocycles. The van der Waals surface area contributed by atoms with Crippen LogP contribution in [0.2, 0.25) is 0 Å². The van der Waals surface area contributed by atoms with E-state index in [9.17, 15) is 14.4 Å². The number of hydrogen-bond donors (Lipinski definition) is 0. The van der Waals surface area contributed by atoms with Gasteiger partial charge in [-0.2, -0.15) is 0 Å². The predicted octanol–water partition coefficient (Wildman–Crippen LogP) is 1.94. The Kier molecular flexibility index (Phi) is 3.90. The molecule has 0 atom stereocenters. The molecule has 0 unspecified atom stereocenters. The Hall–Kier alpha value is -2.23. The van der Waals surface area contributed by atoms with Crippen molar-refractivity contribution in [2.45, 2.75) is 26.3 Å². The minimum Gasteiger partial charge on any atom is -0.315 e. The van der Waals surface area contributed by atoms with E-state index in [1.54, 1.807) is 12.3 Å². The van der Waals surface area contributed by atoms with E-state index in [1.165, 1.54) is 11.5 Å². The highest BCUT2D eigenvalue weighted by Crippen LogP contribution is 2.08. The third-order valence-corrected chi connectivity index (χ3v) is 2.96. The average Bonchev–Trinajstić information content (AvgIpc) is 2.37. The van der Waals surface area contributed by atoms with Gasteiger partial charge in [-0.05, 0) is 24.4 Å². The minimum absolute atomic E-state index is 0.0532. The molecule has 0 fully saturated rings. The lowest BCUT2D eigenvalue weighted by Gasteiger charge is -2.06. The van der Waals surface area contributed by atoms with Crippen molar-refractivity contribution in [1.82, 2.24) is 4.57 Å². The molecule has 0 bridgehead atoms. The zero-order valence-electron chi connectivity index (χ0n) is 10.8. The molecule has 0 N–H and O–H groups in total. The van der Waals surface area contributed by atoms with E-state index in [2.05, 4.69) is 0 Å². The molecule has 0 amide bonds. The van der Waals surface area contributed by atoms with Crippen LogP contribution in [0.15, 0.2) is 41.3 Å². The van der Waals surface area contributed by atoms with Crippen LogP contribution >= 0.6 is 0 Å². The van der Waals surface area contributed by atoms with Gasteiger partial charge < -0.3 is 4.57 Å². The van der Waals surface area contributed by atoms with Gasteiger partial charge in [0.25, 0.3) is 5.56 Å². The molecule has 0 radical (unpaired) electrons. The number of benzene rings is 1. The molecule has 1 heterocycles. The first-order chi connectivity index (χ1) is 9.08. The second kappa shape index (κ2) is 5.61. The lowest BCUT2D eigenvalue weighted by molar-refractivity contribution is -0.126. The van der Waals surface area contributed by atoms with E-state index in [4.69, 9.17) is 0 Å². The van der Waals surface area contributed by atoms with Crippen molar-refractivity contribution in [3.05, 3.63) is 46.9 Å². The second-order valence-electron chi connectivity index (χ2n) is 4.57. The summed E-state index contributed by atoms with van der Waals surface area (Å²) in [4.78, 5) is 34.4. The first-order valence-corrected chi connectivity index (χ1v) is 6.17. The fourth-order valence-electron chi connectivity index (χ4n) is 2.02. The van der Waals surface area contributed by atoms with E-state index in [-0.39, 0.29) is 30.0 Å². The van der Waals surface area contributed by atoms with Crippen LogP contribution in [0.4, 0.5) is 0 Å². The molecule has 98 valence electrons. The second-order valence-corrected chi connectivity index (χ2v) is 4.57. The number of aromatic nitrogens is 1. The third-order valence-electron chi connectivity index (χ3n) is 2.96. The monoisotopic (exact) mass is 257 g/mol. The van der Waals surface area contributed by atoms with Crippen LogP contribution in [-0.2, 0) is 16.1 Å². The van der Waals surface area contributed by atoms with Gasteiger partial charge in [0, 0.05) is 24.5 Å². The highest BCUT2D eigenvalue weighted by atomic mass is 16.1. The molecular weight excluding hydrogens is 242 g/mol. The van der Waals surface area contributed by atoms with Crippen LogP contribution in [0.25, 0.3) is 10.8 Å². The fourth-order valence-corrected chi connectivity index (χ4v) is 2.02. The largest absolute Gasteiger partial charge is 0.315 e. The van der Waals surface area contributed by atoms with Gasteiger partial charge in [0.2, 0.25) is 0 Å². The van der Waals surface area contributed by atoms with Gasteiger partial charge in [0.05, 0.1) is 6.42 Å². The number of aryl methyl sites for hydroxylation is 1. The summed E-state index contributed by atoms with van der Waals surface area (Å²) in [7, 11) is 0. The van der Waals surface area contributed by atoms with Crippen LogP contribution in [0.1, 0.15) is 19.8 Å². The maximum atomic E-state index is 12.1. The summed E-state index contributed by atoms with van der Waals surface area (Å²) in [6.07, 6.45) is 1.84. The summed E-state index contributed by atoms with van der Waals surface area (Å²) in [5.41, 5.74) is -0.103. The molecule has 19 heavy (non-hydrogen) atoms. The third kappa shape index (κ3) is 3.16. The van der Waals surface area contributed by atoms with Crippen LogP contribution in [0.3, 0.4) is 0 Å². The molecule has 0 aliphatic heterocycles. The Bertz CT molecular complexity index is 685. The molecule has 2 aromatic rings. The SMILES string of the molecule is CC(=O)CC(=O)CCn1ccc2ccccc2c1=O. The van der Waals surface area contributed by atoms with Crippen molar-refractivity contribution in [3.63, 3.8) is 0 Å². The van der Waals surface area contributed by atoms with Crippen LogP contribution < -0.4 is 5.56 Å². The molecule has 4 heteroatoms. The fraction of sp³-hybridized carbons (Fsp3) is 0.267. The van der Waals surface area contributed by atoms with Gasteiger partial charge in [-0.15, -0.1) is 0 Å². The Morgan fingerprint density at radius 3 is 2.63 bits per heavy atom. The molecule has 0 saturated carbocycles. The molecule has 0 aliphatic carbocycles. The van der Waals surface area contributed by atoms with Gasteiger partial charge in [0.1, 0.15) is 11.6 Å². The number of fused-ring (bicyclic) bond motifs is 1. The highest BCUT2D eigenvalue weighted by molar-refractivity contribution is 5.97. The first-order valence-electron chi connectivity index (χ1n) is 6.17. The Balaban J connectivity index is 2.18. The Labute approximate surface area is 110 Å². The number of hydrogen-bond acceptors (Lipinski definition) is 3. The van der Waals surface area contributed by atoms with Gasteiger partial charge in [0.15, 0.2) is 0 Å². The number of pyridine rings is 1. The standard InChI is InChI=1S/C15H15NO3/c1-11(17)10-13(18)7-9-16-8-6-12-4-2-3-5-14(12)15(16)19/h2-6,8H,7,9-10H2,1H3. The number of Topliss-reactive ketones (excluding diaryl/α,β-unsaturated/α-hetero) is 2. The first kappa shape index (κ1) is 13.2. The number of carbonyl (C=O) groups excluding carboxylic acids is 2. The number of carbonyl (C=O) groups is 2. The van der Waals surface area contributed by atoms with Gasteiger partial charge in [-0.25, -0.2) is 0 Å². The zero-order chi connectivity index (χ0) is 13.8. The number of rotatable bonds is 5. The Morgan fingerprint density at radius 1 is 1.16 bits per heavy atom. The van der Waals surface area contributed by atoms with Crippen molar-refractivity contribution < 1.29 is 9.59 Å². The van der Waals surface area contributed by atoms with Crippen molar-refractivity contribution in [3.8, 4) is 0 Å². The van der Waals surface area contributed by atoms with Gasteiger partial charge in [-0.3, -0.25) is 14.4 Å². The topological polar surface area (TPSA) is 56.1 Å². The average molecular weight is 257 g/mol. The maximum absolute atomic E-state index is 12.1. The minimum atomic E-state index is -0.143. The molecule has 0 aliphatic rings. The molecular formula is C15H15NO3. The summed E-state index contributed by atoms with van der Waals surface area (Å²) >= 11 is 0. The summed E-state index contributed by atoms with van der Waals surface area (Å²) in [5.74, 6) is -0.275. The Morgan fingerprint density at radius 2 is 1.89 bits per heavy atom. The van der Waals surface area contributed by atoms with E-state index in [0.29, 0.717) is 11.9 Å². The van der Waals surface area contributed by atoms with Crippen molar-refractivity contribution in [2.24, 2.45) is 0 Å². The summed E-state index contributed by atoms with van der Waals surface area (Å²) in [6, 6.07) is 9.19. The highest BCUT2D eigenvalue weighted by Gasteiger charge is 2.07. The quantitative estimate of drug-likeness (QED) is 0.769. The smallest absolute Gasteiger partial charge is 0.258 e. The maximum Gasteiger partial charge on any atom is 0.258 e. The zero-order valence-corrected chi connectivity index (χ0v) is 10.8. The summed E-state index contributed by atoms with van der Waals surface area (Å²) < 4.78 is 1.51. The lowest BCUT2D eigenvalue weighted by Crippen LogP contribution is -2.21. The summed E-state index contributed by atoms with van der Waals surface area (Å²) in [6.45, 7) is 1.70. The van der Waals surface area contributed by atoms with Crippen LogP contribution in [-0.4, -0.2) is 16.1 Å². The molecule has 0 saturated heterocycles.